The quantitative estimate of drug-likeness (QED) is 0.394. The van der Waals surface area contributed by atoms with Gasteiger partial charge >= 0.3 is 0 Å². The van der Waals surface area contributed by atoms with Crippen molar-refractivity contribution < 1.29 is 13.2 Å². The Balaban J connectivity index is 1.37. The number of aromatic nitrogens is 3. The predicted molar refractivity (Wildman–Crippen MR) is 117 cm³/mol. The molecule has 0 aliphatic carbocycles. The Morgan fingerprint density at radius 3 is 2.61 bits per heavy atom. The number of fused-ring (bicyclic) bond motifs is 1. The molecule has 160 valence electrons. The van der Waals surface area contributed by atoms with E-state index in [0.29, 0.717) is 18.1 Å². The Morgan fingerprint density at radius 1 is 1.03 bits per heavy atom. The minimum Gasteiger partial charge on any atom is -0.360 e. The zero-order chi connectivity index (χ0) is 22.0. The van der Waals surface area contributed by atoms with Gasteiger partial charge < -0.3 is 11.1 Å². The minimum atomic E-state index is -2.96. The number of anilines is 1. The van der Waals surface area contributed by atoms with Crippen LogP contribution in [-0.4, -0.2) is 27.5 Å². The predicted octanol–water partition coefficient (Wildman–Crippen LogP) is 4.99. The van der Waals surface area contributed by atoms with Crippen LogP contribution in [0, 0.1) is 5.95 Å². The van der Waals surface area contributed by atoms with E-state index < -0.39 is 11.9 Å². The van der Waals surface area contributed by atoms with Crippen LogP contribution in [0.3, 0.4) is 0 Å². The summed E-state index contributed by atoms with van der Waals surface area (Å²) in [6.45, 7) is 1.29. The molecule has 1 aromatic carbocycles. The summed E-state index contributed by atoms with van der Waals surface area (Å²) in [5.74, 6) is -3.47. The number of alkyl halides is 2. The number of pyridine rings is 2. The van der Waals surface area contributed by atoms with Crippen LogP contribution in [-0.2, 0) is 12.3 Å². The highest BCUT2D eigenvalue weighted by Crippen LogP contribution is 2.31. The maximum Gasteiger partial charge on any atom is 0.286 e. The number of benzene rings is 1. The van der Waals surface area contributed by atoms with E-state index in [2.05, 4.69) is 20.3 Å². The van der Waals surface area contributed by atoms with Crippen LogP contribution in [0.4, 0.5) is 18.3 Å². The second kappa shape index (κ2) is 8.60. The summed E-state index contributed by atoms with van der Waals surface area (Å²) in [6.07, 6.45) is 5.20. The number of hydrogen-bond donors (Lipinski definition) is 2. The monoisotopic (exact) mass is 443 g/mol. The molecule has 31 heavy (non-hydrogen) atoms. The van der Waals surface area contributed by atoms with Gasteiger partial charge in [0.1, 0.15) is 5.69 Å². The topological polar surface area (TPSA) is 76.7 Å². The third-order valence-electron chi connectivity index (χ3n) is 4.77. The average molecular weight is 443 g/mol. The fraction of sp³-hybridized carbons (Fsp3) is 0.227. The summed E-state index contributed by atoms with van der Waals surface area (Å²) in [5, 5.41) is 5.56. The molecular weight excluding hydrogens is 423 g/mol. The molecule has 0 aliphatic rings. The highest BCUT2D eigenvalue weighted by Gasteiger charge is 2.25. The Labute approximate surface area is 181 Å². The molecule has 0 amide bonds. The molecule has 3 heterocycles. The summed E-state index contributed by atoms with van der Waals surface area (Å²) < 4.78 is 39.9. The molecule has 3 aromatic heterocycles. The zero-order valence-electron chi connectivity index (χ0n) is 16.6. The first-order valence-corrected chi connectivity index (χ1v) is 10.4. The van der Waals surface area contributed by atoms with Crippen LogP contribution >= 0.6 is 11.3 Å². The van der Waals surface area contributed by atoms with Crippen molar-refractivity contribution in [1.29, 1.82) is 0 Å². The minimum absolute atomic E-state index is 0.238. The van der Waals surface area contributed by atoms with Gasteiger partial charge in [-0.05, 0) is 35.1 Å². The van der Waals surface area contributed by atoms with E-state index >= 15 is 0 Å². The number of rotatable bonds is 7. The number of halogens is 3. The lowest BCUT2D eigenvalue weighted by Crippen LogP contribution is -2.31. The molecule has 3 N–H and O–H groups in total. The number of nitrogens with zero attached hydrogens (tertiary/aromatic N) is 3. The molecule has 0 aliphatic heterocycles. The molecule has 0 unspecified atom stereocenters. The van der Waals surface area contributed by atoms with Crippen LogP contribution in [0.5, 0.6) is 0 Å². The summed E-state index contributed by atoms with van der Waals surface area (Å²) in [7, 11) is 0. The Morgan fingerprint density at radius 2 is 1.87 bits per heavy atom. The fourth-order valence-electron chi connectivity index (χ4n) is 3.15. The van der Waals surface area contributed by atoms with Crippen molar-refractivity contribution >= 4 is 27.2 Å². The normalized spacial score (nSPS) is 12.8. The van der Waals surface area contributed by atoms with Crippen molar-refractivity contribution in [3.63, 3.8) is 0 Å². The Bertz CT molecular complexity index is 1190. The van der Waals surface area contributed by atoms with Crippen LogP contribution in [0.1, 0.15) is 18.2 Å². The average Bonchev–Trinajstić information content (AvgIpc) is 3.20. The van der Waals surface area contributed by atoms with Gasteiger partial charge in [-0.25, -0.2) is 9.97 Å². The molecule has 0 radical (unpaired) electrons. The molecule has 0 bridgehead atoms. The SMILES string of the molecule is CC(F)(F)c1ccc(C[C@H](N)CNc2ncc(-c3ccc4cnc(F)cc4c3)s2)cn1. The van der Waals surface area contributed by atoms with Crippen LogP contribution in [0.25, 0.3) is 21.2 Å². The van der Waals surface area contributed by atoms with Gasteiger partial charge in [-0.2, -0.15) is 13.2 Å². The summed E-state index contributed by atoms with van der Waals surface area (Å²) in [4.78, 5) is 12.8. The lowest BCUT2D eigenvalue weighted by atomic mass is 10.1. The van der Waals surface area contributed by atoms with Gasteiger partial charge in [0.05, 0.1) is 4.88 Å². The van der Waals surface area contributed by atoms with E-state index in [9.17, 15) is 13.2 Å². The largest absolute Gasteiger partial charge is 0.360 e. The molecule has 5 nitrogen and oxygen atoms in total. The Hall–Kier alpha value is -3.04. The molecule has 0 saturated heterocycles. The molecule has 1 atom stereocenters. The molecule has 0 saturated carbocycles. The Kier molecular flexibility index (Phi) is 5.88. The van der Waals surface area contributed by atoms with Crippen molar-refractivity contribution in [1.82, 2.24) is 15.0 Å². The fourth-order valence-corrected chi connectivity index (χ4v) is 3.97. The van der Waals surface area contributed by atoms with Gasteiger partial charge in [0, 0.05) is 49.6 Å². The smallest absolute Gasteiger partial charge is 0.286 e. The lowest BCUT2D eigenvalue weighted by molar-refractivity contribution is 0.0127. The molecular formula is C22H20F3N5S. The summed E-state index contributed by atoms with van der Waals surface area (Å²) in [6, 6.07) is 9.86. The molecule has 4 rings (SSSR count). The maximum atomic E-state index is 13.4. The van der Waals surface area contributed by atoms with E-state index in [1.165, 1.54) is 35.9 Å². The van der Waals surface area contributed by atoms with Gasteiger partial charge in [-0.3, -0.25) is 4.98 Å². The van der Waals surface area contributed by atoms with Gasteiger partial charge in [-0.1, -0.05) is 29.5 Å². The van der Waals surface area contributed by atoms with E-state index in [1.54, 1.807) is 12.3 Å². The highest BCUT2D eigenvalue weighted by atomic mass is 32.1. The number of thiazole rings is 1. The zero-order valence-corrected chi connectivity index (χ0v) is 17.5. The van der Waals surface area contributed by atoms with Crippen molar-refractivity contribution in [2.75, 3.05) is 11.9 Å². The molecule has 0 spiro atoms. The second-order valence-electron chi connectivity index (χ2n) is 7.38. The third kappa shape index (κ3) is 5.18. The molecule has 9 heteroatoms. The van der Waals surface area contributed by atoms with Crippen LogP contribution < -0.4 is 11.1 Å². The summed E-state index contributed by atoms with van der Waals surface area (Å²) >= 11 is 1.47. The van der Waals surface area contributed by atoms with E-state index in [1.807, 2.05) is 18.2 Å². The maximum absolute atomic E-state index is 13.4. The first kappa shape index (κ1) is 21.2. The van der Waals surface area contributed by atoms with Crippen LogP contribution in [0.15, 0.2) is 55.0 Å². The number of nitrogens with two attached hydrogens (primary N) is 1. The van der Waals surface area contributed by atoms with Gasteiger partial charge in [0.25, 0.3) is 5.92 Å². The number of nitrogens with one attached hydrogen (secondary N) is 1. The third-order valence-corrected chi connectivity index (χ3v) is 5.77. The van der Waals surface area contributed by atoms with Crippen LogP contribution in [0.2, 0.25) is 0 Å². The van der Waals surface area contributed by atoms with Crippen molar-refractivity contribution in [3.05, 3.63) is 72.2 Å². The summed E-state index contributed by atoms with van der Waals surface area (Å²) in [5.41, 5.74) is 7.64. The van der Waals surface area contributed by atoms with Gasteiger partial charge in [0.15, 0.2) is 5.13 Å². The lowest BCUT2D eigenvalue weighted by Gasteiger charge is -2.13. The van der Waals surface area contributed by atoms with Gasteiger partial charge in [0.2, 0.25) is 5.95 Å². The van der Waals surface area contributed by atoms with Crippen molar-refractivity contribution in [3.8, 4) is 10.4 Å². The van der Waals surface area contributed by atoms with E-state index in [4.69, 9.17) is 5.73 Å². The molecule has 0 fully saturated rings. The first-order chi connectivity index (χ1) is 14.8. The van der Waals surface area contributed by atoms with Crippen molar-refractivity contribution in [2.45, 2.75) is 25.3 Å². The second-order valence-corrected chi connectivity index (χ2v) is 8.41. The van der Waals surface area contributed by atoms with E-state index in [-0.39, 0.29) is 11.7 Å². The van der Waals surface area contributed by atoms with Gasteiger partial charge in [-0.15, -0.1) is 0 Å². The van der Waals surface area contributed by atoms with E-state index in [0.717, 1.165) is 33.7 Å². The van der Waals surface area contributed by atoms with Crippen molar-refractivity contribution in [2.24, 2.45) is 5.73 Å². The molecule has 4 aromatic rings. The highest BCUT2D eigenvalue weighted by molar-refractivity contribution is 7.18. The first-order valence-electron chi connectivity index (χ1n) is 9.62. The number of hydrogen-bond acceptors (Lipinski definition) is 6. The standard InChI is InChI=1S/C22H20F3N5S/c1-22(24,25)19-5-2-13(9-27-19)6-17(26)11-29-21-30-12-18(31-21)14-3-4-15-10-28-20(23)8-16(15)7-14/h2-5,7-10,12,17H,6,11,26H2,1H3,(H,29,30)/t17-/m0/s1.